The van der Waals surface area contributed by atoms with Gasteiger partial charge in [-0.2, -0.15) is 5.10 Å². The Morgan fingerprint density at radius 3 is 2.65 bits per heavy atom. The third-order valence-electron chi connectivity index (χ3n) is 3.21. The van der Waals surface area contributed by atoms with Gasteiger partial charge < -0.3 is 10.6 Å². The van der Waals surface area contributed by atoms with Gasteiger partial charge in [-0.05, 0) is 29.6 Å². The van der Waals surface area contributed by atoms with E-state index in [9.17, 15) is 9.59 Å². The lowest BCUT2D eigenvalue weighted by atomic mass is 10.3. The highest BCUT2D eigenvalue weighted by molar-refractivity contribution is 9.10. The molecule has 0 aliphatic carbocycles. The summed E-state index contributed by atoms with van der Waals surface area (Å²) in [7, 11) is 0. The fourth-order valence-corrected chi connectivity index (χ4v) is 3.83. The number of thiophene rings is 1. The number of rotatable bonds is 7. The van der Waals surface area contributed by atoms with Crippen LogP contribution in [0.1, 0.15) is 0 Å². The zero-order valence-electron chi connectivity index (χ0n) is 13.5. The van der Waals surface area contributed by atoms with Crippen molar-refractivity contribution < 1.29 is 9.59 Å². The molecule has 0 saturated heterocycles. The van der Waals surface area contributed by atoms with Crippen molar-refractivity contribution in [1.29, 1.82) is 0 Å². The van der Waals surface area contributed by atoms with Gasteiger partial charge in [0.15, 0.2) is 5.82 Å². The minimum Gasteiger partial charge on any atom is -0.325 e. The molecule has 3 rings (SSSR count). The van der Waals surface area contributed by atoms with Gasteiger partial charge in [-0.3, -0.25) is 14.7 Å². The first-order chi connectivity index (χ1) is 12.6. The lowest BCUT2D eigenvalue weighted by Crippen LogP contribution is -2.18. The van der Waals surface area contributed by atoms with Crippen molar-refractivity contribution in [2.75, 3.05) is 22.1 Å². The molecule has 2 aromatic heterocycles. The van der Waals surface area contributed by atoms with E-state index in [4.69, 9.17) is 0 Å². The van der Waals surface area contributed by atoms with Gasteiger partial charge in [-0.1, -0.05) is 28.1 Å². The molecular formula is C17H15BrN4O2S2. The minimum absolute atomic E-state index is 0.152. The van der Waals surface area contributed by atoms with E-state index in [1.807, 2.05) is 41.8 Å². The molecule has 0 radical (unpaired) electrons. The van der Waals surface area contributed by atoms with Gasteiger partial charge in [0, 0.05) is 16.2 Å². The van der Waals surface area contributed by atoms with Gasteiger partial charge in [0.25, 0.3) is 0 Å². The first-order valence-electron chi connectivity index (χ1n) is 7.62. The van der Waals surface area contributed by atoms with Gasteiger partial charge >= 0.3 is 0 Å². The standard InChI is InChI=1S/C17H15BrN4O2S2/c18-11-3-1-4-12(7-11)19-16(23)9-25-10-17(24)20-15-8-13(21-22-15)14-5-2-6-26-14/h1-8H,9-10H2,(H,19,23)(H2,20,21,22,24). The summed E-state index contributed by atoms with van der Waals surface area (Å²) in [4.78, 5) is 24.9. The van der Waals surface area contributed by atoms with E-state index in [2.05, 4.69) is 36.8 Å². The van der Waals surface area contributed by atoms with Crippen molar-refractivity contribution >= 4 is 62.3 Å². The van der Waals surface area contributed by atoms with Crippen LogP contribution < -0.4 is 10.6 Å². The molecule has 0 atom stereocenters. The minimum atomic E-state index is -0.200. The molecule has 26 heavy (non-hydrogen) atoms. The van der Waals surface area contributed by atoms with E-state index in [1.54, 1.807) is 17.4 Å². The Kier molecular flexibility index (Phi) is 6.48. The van der Waals surface area contributed by atoms with Crippen molar-refractivity contribution in [3.63, 3.8) is 0 Å². The van der Waals surface area contributed by atoms with Crippen LogP contribution in [-0.4, -0.2) is 33.5 Å². The molecule has 6 nitrogen and oxygen atoms in total. The summed E-state index contributed by atoms with van der Waals surface area (Å²) < 4.78 is 0.892. The van der Waals surface area contributed by atoms with Gasteiger partial charge in [0.2, 0.25) is 11.8 Å². The molecule has 0 fully saturated rings. The van der Waals surface area contributed by atoms with Gasteiger partial charge in [0.1, 0.15) is 0 Å². The maximum atomic E-state index is 12.0. The summed E-state index contributed by atoms with van der Waals surface area (Å²) in [5.41, 5.74) is 1.57. The predicted octanol–water partition coefficient (Wildman–Crippen LogP) is 4.21. The zero-order chi connectivity index (χ0) is 18.4. The number of hydrogen-bond donors (Lipinski definition) is 3. The molecule has 0 aliphatic heterocycles. The second-order valence-electron chi connectivity index (χ2n) is 5.24. The number of nitrogens with one attached hydrogen (secondary N) is 3. The average Bonchev–Trinajstić information content (AvgIpc) is 3.26. The predicted molar refractivity (Wildman–Crippen MR) is 111 cm³/mol. The van der Waals surface area contributed by atoms with E-state index in [1.165, 1.54) is 11.8 Å². The topological polar surface area (TPSA) is 86.9 Å². The SMILES string of the molecule is O=C(CSCC(=O)Nc1cc(-c2cccs2)[nH]n1)Nc1cccc(Br)c1. The summed E-state index contributed by atoms with van der Waals surface area (Å²) >= 11 is 6.19. The molecule has 0 aliphatic rings. The highest BCUT2D eigenvalue weighted by Crippen LogP contribution is 2.24. The molecule has 2 heterocycles. The fourth-order valence-electron chi connectivity index (χ4n) is 2.12. The Morgan fingerprint density at radius 2 is 1.92 bits per heavy atom. The number of aromatic nitrogens is 2. The third-order valence-corrected chi connectivity index (χ3v) is 5.54. The number of aromatic amines is 1. The quantitative estimate of drug-likeness (QED) is 0.502. The number of thioether (sulfide) groups is 1. The summed E-state index contributed by atoms with van der Waals surface area (Å²) in [5, 5.41) is 14.5. The van der Waals surface area contributed by atoms with Crippen LogP contribution >= 0.6 is 39.0 Å². The second kappa shape index (κ2) is 9.02. The monoisotopic (exact) mass is 450 g/mol. The van der Waals surface area contributed by atoms with Crippen molar-refractivity contribution in [1.82, 2.24) is 10.2 Å². The third kappa shape index (κ3) is 5.45. The molecule has 3 N–H and O–H groups in total. The summed E-state index contributed by atoms with van der Waals surface area (Å²) in [6.07, 6.45) is 0. The van der Waals surface area contributed by atoms with Crippen LogP contribution in [0.3, 0.4) is 0 Å². The van der Waals surface area contributed by atoms with E-state index in [0.29, 0.717) is 11.5 Å². The van der Waals surface area contributed by atoms with E-state index in [-0.39, 0.29) is 23.3 Å². The molecule has 134 valence electrons. The number of benzene rings is 1. The number of carbonyl (C=O) groups excluding carboxylic acids is 2. The Hall–Kier alpha value is -2.10. The Labute approximate surface area is 166 Å². The maximum Gasteiger partial charge on any atom is 0.235 e. The van der Waals surface area contributed by atoms with Crippen molar-refractivity contribution in [3.05, 3.63) is 52.3 Å². The summed E-state index contributed by atoms with van der Waals surface area (Å²) in [6, 6.07) is 13.1. The normalized spacial score (nSPS) is 10.5. The number of anilines is 2. The first kappa shape index (κ1) is 18.7. The van der Waals surface area contributed by atoms with Crippen LogP contribution in [0.15, 0.2) is 52.3 Å². The molecule has 2 amide bonds. The van der Waals surface area contributed by atoms with Crippen LogP contribution in [0.5, 0.6) is 0 Å². The van der Waals surface area contributed by atoms with Crippen molar-refractivity contribution in [3.8, 4) is 10.6 Å². The largest absolute Gasteiger partial charge is 0.325 e. The number of hydrogen-bond acceptors (Lipinski definition) is 5. The van der Waals surface area contributed by atoms with E-state index < -0.39 is 0 Å². The lowest BCUT2D eigenvalue weighted by Gasteiger charge is -2.05. The average molecular weight is 451 g/mol. The molecule has 0 unspecified atom stereocenters. The highest BCUT2D eigenvalue weighted by atomic mass is 79.9. The van der Waals surface area contributed by atoms with Gasteiger partial charge in [-0.25, -0.2) is 0 Å². The van der Waals surface area contributed by atoms with Crippen molar-refractivity contribution in [2.24, 2.45) is 0 Å². The van der Waals surface area contributed by atoms with E-state index in [0.717, 1.165) is 15.0 Å². The Balaban J connectivity index is 1.41. The van der Waals surface area contributed by atoms with Crippen LogP contribution in [0.4, 0.5) is 11.5 Å². The molecule has 1 aromatic carbocycles. The Bertz CT molecular complexity index is 896. The highest BCUT2D eigenvalue weighted by Gasteiger charge is 2.09. The Morgan fingerprint density at radius 1 is 1.12 bits per heavy atom. The number of halogens is 1. The van der Waals surface area contributed by atoms with Crippen LogP contribution in [0, 0.1) is 0 Å². The second-order valence-corrected chi connectivity index (χ2v) is 8.09. The molecule has 3 aromatic rings. The van der Waals surface area contributed by atoms with Gasteiger partial charge in [0.05, 0.1) is 22.1 Å². The summed E-state index contributed by atoms with van der Waals surface area (Å²) in [5.74, 6) is 0.487. The van der Waals surface area contributed by atoms with Crippen LogP contribution in [0.2, 0.25) is 0 Å². The number of carbonyl (C=O) groups is 2. The molecule has 0 spiro atoms. The molecule has 0 bridgehead atoms. The number of amides is 2. The maximum absolute atomic E-state index is 12.0. The van der Waals surface area contributed by atoms with Gasteiger partial charge in [-0.15, -0.1) is 23.1 Å². The fraction of sp³-hybridized carbons (Fsp3) is 0.118. The van der Waals surface area contributed by atoms with Crippen LogP contribution in [0.25, 0.3) is 10.6 Å². The lowest BCUT2D eigenvalue weighted by molar-refractivity contribution is -0.114. The first-order valence-corrected chi connectivity index (χ1v) is 10.5. The molecule has 0 saturated carbocycles. The van der Waals surface area contributed by atoms with Crippen molar-refractivity contribution in [2.45, 2.75) is 0 Å². The van der Waals surface area contributed by atoms with Crippen LogP contribution in [-0.2, 0) is 9.59 Å². The number of H-pyrrole nitrogens is 1. The zero-order valence-corrected chi connectivity index (χ0v) is 16.7. The number of nitrogens with zero attached hydrogens (tertiary/aromatic N) is 1. The van der Waals surface area contributed by atoms with E-state index >= 15 is 0 Å². The smallest absolute Gasteiger partial charge is 0.235 e. The summed E-state index contributed by atoms with van der Waals surface area (Å²) in [6.45, 7) is 0. The molecular weight excluding hydrogens is 436 g/mol. The molecule has 9 heteroatoms.